The number of halogens is 2. The largest absolute Gasteiger partial charge is 0.481 e. The minimum Gasteiger partial charge on any atom is -0.481 e. The molecule has 2 N–H and O–H groups in total. The fourth-order valence-electron chi connectivity index (χ4n) is 4.75. The van der Waals surface area contributed by atoms with Crippen LogP contribution >= 0.6 is 34.5 Å². The van der Waals surface area contributed by atoms with Crippen LogP contribution in [0.3, 0.4) is 0 Å². The molecule has 3 aliphatic carbocycles. The maximum Gasteiger partial charge on any atom is 0.307 e. The van der Waals surface area contributed by atoms with Crippen LogP contribution in [0.2, 0.25) is 10.0 Å². The molecular formula is C20H20Cl2N2O3S. The van der Waals surface area contributed by atoms with E-state index in [0.717, 1.165) is 36.1 Å². The summed E-state index contributed by atoms with van der Waals surface area (Å²) in [6, 6.07) is 5.21. The molecule has 1 amide bonds. The van der Waals surface area contributed by atoms with E-state index >= 15 is 0 Å². The second-order valence-corrected chi connectivity index (χ2v) is 9.65. The van der Waals surface area contributed by atoms with E-state index in [9.17, 15) is 14.7 Å². The number of nitrogens with one attached hydrogen (secondary N) is 1. The molecule has 2 bridgehead atoms. The van der Waals surface area contributed by atoms with Gasteiger partial charge in [-0.1, -0.05) is 23.2 Å². The number of aromatic nitrogens is 1. The molecule has 2 atom stereocenters. The van der Waals surface area contributed by atoms with Crippen LogP contribution < -0.4 is 5.32 Å². The number of hydrogen-bond donors (Lipinski definition) is 2. The third-order valence-corrected chi connectivity index (χ3v) is 7.45. The Morgan fingerprint density at radius 2 is 1.79 bits per heavy atom. The molecule has 1 heterocycles. The van der Waals surface area contributed by atoms with E-state index < -0.39 is 17.8 Å². The number of fused-ring (bicyclic) bond motifs is 3. The molecule has 5 rings (SSSR count). The Morgan fingerprint density at radius 3 is 2.39 bits per heavy atom. The van der Waals surface area contributed by atoms with E-state index in [1.807, 2.05) is 6.92 Å². The summed E-state index contributed by atoms with van der Waals surface area (Å²) in [4.78, 5) is 30.3. The molecule has 3 aliphatic rings. The molecule has 0 aliphatic heterocycles. The molecule has 0 saturated heterocycles. The van der Waals surface area contributed by atoms with E-state index in [1.165, 1.54) is 11.3 Å². The van der Waals surface area contributed by atoms with Crippen LogP contribution in [0.15, 0.2) is 18.2 Å². The smallest absolute Gasteiger partial charge is 0.307 e. The molecule has 3 saturated carbocycles. The maximum atomic E-state index is 13.0. The third kappa shape index (κ3) is 3.53. The first-order chi connectivity index (χ1) is 13.3. The average Bonchev–Trinajstić information content (AvgIpc) is 3.01. The summed E-state index contributed by atoms with van der Waals surface area (Å²) < 4.78 is 0. The van der Waals surface area contributed by atoms with Crippen molar-refractivity contribution < 1.29 is 14.7 Å². The number of aliphatic carboxylic acids is 1. The minimum atomic E-state index is -0.862. The number of benzene rings is 1. The van der Waals surface area contributed by atoms with Gasteiger partial charge in [0.2, 0.25) is 5.91 Å². The van der Waals surface area contributed by atoms with Gasteiger partial charge in [0.25, 0.3) is 0 Å². The van der Waals surface area contributed by atoms with Gasteiger partial charge in [0.1, 0.15) is 0 Å². The van der Waals surface area contributed by atoms with Gasteiger partial charge in [0.15, 0.2) is 5.13 Å². The summed E-state index contributed by atoms with van der Waals surface area (Å²) in [6.45, 7) is 1.91. The fourth-order valence-corrected chi connectivity index (χ4v) is 6.08. The number of rotatable bonds is 4. The molecule has 0 spiro atoms. The number of carbonyl (C=O) groups excluding carboxylic acids is 1. The maximum absolute atomic E-state index is 13.0. The molecule has 1 aromatic heterocycles. The van der Waals surface area contributed by atoms with E-state index in [1.54, 1.807) is 18.2 Å². The van der Waals surface area contributed by atoms with Gasteiger partial charge in [-0.25, -0.2) is 4.98 Å². The summed E-state index contributed by atoms with van der Waals surface area (Å²) in [7, 11) is 0. The van der Waals surface area contributed by atoms with E-state index in [0.29, 0.717) is 20.9 Å². The quantitative estimate of drug-likeness (QED) is 0.659. The van der Waals surface area contributed by atoms with E-state index in [-0.39, 0.29) is 17.7 Å². The van der Waals surface area contributed by atoms with Gasteiger partial charge in [-0.3, -0.25) is 9.59 Å². The Morgan fingerprint density at radius 1 is 1.14 bits per heavy atom. The van der Waals surface area contributed by atoms with E-state index in [4.69, 9.17) is 23.2 Å². The Bertz CT molecular complexity index is 938. The van der Waals surface area contributed by atoms with E-state index in [2.05, 4.69) is 10.3 Å². The van der Waals surface area contributed by atoms with Crippen molar-refractivity contribution in [3.8, 4) is 11.3 Å². The second kappa shape index (κ2) is 7.65. The summed E-state index contributed by atoms with van der Waals surface area (Å²) in [5.41, 5.74) is 1.45. The number of carboxylic acid groups (broad SMARTS) is 1. The van der Waals surface area contributed by atoms with Crippen LogP contribution in [-0.2, 0) is 9.59 Å². The van der Waals surface area contributed by atoms with Crippen molar-refractivity contribution in [1.29, 1.82) is 0 Å². The van der Waals surface area contributed by atoms with Crippen LogP contribution in [-0.4, -0.2) is 22.0 Å². The third-order valence-electron chi connectivity index (χ3n) is 6.02. The number of carboxylic acids is 1. The van der Waals surface area contributed by atoms with Crippen LogP contribution in [0.4, 0.5) is 5.13 Å². The van der Waals surface area contributed by atoms with Crippen LogP contribution in [0.25, 0.3) is 11.3 Å². The monoisotopic (exact) mass is 438 g/mol. The predicted octanol–water partition coefficient (Wildman–Crippen LogP) is 5.50. The highest BCUT2D eigenvalue weighted by Gasteiger charge is 2.50. The normalized spacial score (nSPS) is 26.2. The predicted molar refractivity (Wildman–Crippen MR) is 111 cm³/mol. The van der Waals surface area contributed by atoms with Crippen molar-refractivity contribution in [3.63, 3.8) is 0 Å². The molecule has 0 radical (unpaired) electrons. The lowest BCUT2D eigenvalue weighted by Gasteiger charge is -2.45. The van der Waals surface area contributed by atoms with Crippen molar-refractivity contribution in [3.05, 3.63) is 33.1 Å². The van der Waals surface area contributed by atoms with Gasteiger partial charge >= 0.3 is 5.97 Å². The Labute approximate surface area is 177 Å². The summed E-state index contributed by atoms with van der Waals surface area (Å²) in [6.07, 6.45) is 3.66. The van der Waals surface area contributed by atoms with Crippen molar-refractivity contribution in [1.82, 2.24) is 4.98 Å². The average molecular weight is 439 g/mol. The Balaban J connectivity index is 1.58. The van der Waals surface area contributed by atoms with Crippen molar-refractivity contribution in [2.75, 3.05) is 5.32 Å². The van der Waals surface area contributed by atoms with Crippen molar-refractivity contribution in [2.24, 2.45) is 23.7 Å². The molecule has 8 heteroatoms. The van der Waals surface area contributed by atoms with Gasteiger partial charge < -0.3 is 10.4 Å². The van der Waals surface area contributed by atoms with Crippen LogP contribution in [0, 0.1) is 30.6 Å². The molecule has 2 aromatic rings. The van der Waals surface area contributed by atoms with Gasteiger partial charge in [-0.15, -0.1) is 11.3 Å². The van der Waals surface area contributed by atoms with Gasteiger partial charge in [0.05, 0.1) is 22.6 Å². The van der Waals surface area contributed by atoms with Gasteiger partial charge in [0, 0.05) is 15.5 Å². The summed E-state index contributed by atoms with van der Waals surface area (Å²) in [5, 5.41) is 14.1. The van der Waals surface area contributed by atoms with Crippen LogP contribution in [0.5, 0.6) is 0 Å². The number of hydrogen-bond acceptors (Lipinski definition) is 4. The molecule has 148 valence electrons. The van der Waals surface area contributed by atoms with Crippen molar-refractivity contribution >= 4 is 51.5 Å². The molecular weight excluding hydrogens is 419 g/mol. The first kappa shape index (κ1) is 19.7. The second-order valence-electron chi connectivity index (χ2n) is 7.60. The number of amides is 1. The zero-order valence-corrected chi connectivity index (χ0v) is 17.6. The Hall–Kier alpha value is -1.63. The molecule has 1 aromatic carbocycles. The first-order valence-electron chi connectivity index (χ1n) is 9.31. The van der Waals surface area contributed by atoms with Crippen molar-refractivity contribution in [2.45, 2.75) is 32.6 Å². The topological polar surface area (TPSA) is 79.3 Å². The number of anilines is 1. The highest BCUT2D eigenvalue weighted by molar-refractivity contribution is 7.16. The first-order valence-corrected chi connectivity index (χ1v) is 10.9. The van der Waals surface area contributed by atoms with Crippen LogP contribution in [0.1, 0.15) is 30.6 Å². The lowest BCUT2D eigenvalue weighted by atomic mass is 9.58. The molecule has 5 nitrogen and oxygen atoms in total. The zero-order chi connectivity index (χ0) is 20.0. The molecule has 0 unspecified atom stereocenters. The zero-order valence-electron chi connectivity index (χ0n) is 15.2. The highest BCUT2D eigenvalue weighted by Crippen LogP contribution is 2.49. The minimum absolute atomic E-state index is 0.0970. The number of carbonyl (C=O) groups is 2. The molecule has 28 heavy (non-hydrogen) atoms. The standard InChI is InChI=1S/C20H20Cl2N2O3S/c1-9-17(13-7-6-12(21)8-14(13)22)23-20(28-9)24-18(25)15-10-2-4-11(5-3-10)16(15)19(26)27/h6-8,10-11,15-16H,2-5H2,1H3,(H,26,27)(H,23,24,25)/t10?,11?,15-,16-/m0/s1. The number of thiazole rings is 1. The lowest BCUT2D eigenvalue weighted by Crippen LogP contribution is -2.49. The summed E-state index contributed by atoms with van der Waals surface area (Å²) >= 11 is 13.6. The highest BCUT2D eigenvalue weighted by atomic mass is 35.5. The lowest BCUT2D eigenvalue weighted by molar-refractivity contribution is -0.156. The Kier molecular flexibility index (Phi) is 5.38. The fraction of sp³-hybridized carbons (Fsp3) is 0.450. The van der Waals surface area contributed by atoms with Gasteiger partial charge in [-0.2, -0.15) is 0 Å². The molecule has 3 fully saturated rings. The van der Waals surface area contributed by atoms with Gasteiger partial charge in [-0.05, 0) is 62.6 Å². The SMILES string of the molecule is Cc1sc(NC(=O)[C@H]2C3CCC(CC3)[C@@H]2C(=O)O)nc1-c1ccc(Cl)cc1Cl. The number of nitrogens with zero attached hydrogens (tertiary/aromatic N) is 1. The summed E-state index contributed by atoms with van der Waals surface area (Å²) in [5.74, 6) is -1.95. The number of aryl methyl sites for hydroxylation is 1.